The van der Waals surface area contributed by atoms with E-state index in [-0.39, 0.29) is 11.5 Å². The van der Waals surface area contributed by atoms with Crippen LogP contribution in [-0.4, -0.2) is 31.1 Å². The van der Waals surface area contributed by atoms with Crippen molar-refractivity contribution < 1.29 is 23.5 Å². The number of anilines is 1. The molecular formula is C27H21N3O5. The van der Waals surface area contributed by atoms with E-state index in [1.54, 1.807) is 84.9 Å². The van der Waals surface area contributed by atoms with Crippen LogP contribution in [0.1, 0.15) is 36.8 Å². The Labute approximate surface area is 201 Å². The second-order valence-corrected chi connectivity index (χ2v) is 7.30. The molecule has 1 heterocycles. The van der Waals surface area contributed by atoms with Crippen LogP contribution in [0.5, 0.6) is 0 Å². The molecule has 0 bridgehead atoms. The maximum atomic E-state index is 12.7. The third-order valence-corrected chi connectivity index (χ3v) is 5.04. The first-order valence-electron chi connectivity index (χ1n) is 10.6. The molecular weight excluding hydrogens is 446 g/mol. The lowest BCUT2D eigenvalue weighted by Gasteiger charge is -2.10. The maximum Gasteiger partial charge on any atom is 0.338 e. The van der Waals surface area contributed by atoms with Crippen molar-refractivity contribution in [3.05, 3.63) is 113 Å². The summed E-state index contributed by atoms with van der Waals surface area (Å²) in [7, 11) is 1.31. The number of furan rings is 1. The van der Waals surface area contributed by atoms with Gasteiger partial charge in [-0.1, -0.05) is 48.5 Å². The zero-order chi connectivity index (χ0) is 24.6. The highest BCUT2D eigenvalue weighted by atomic mass is 16.5. The molecule has 0 aliphatic rings. The number of benzene rings is 3. The number of carbonyl (C=O) groups is 3. The normalized spacial score (nSPS) is 10.7. The van der Waals surface area contributed by atoms with Gasteiger partial charge < -0.3 is 14.5 Å². The minimum atomic E-state index is -0.506. The summed E-state index contributed by atoms with van der Waals surface area (Å²) < 4.78 is 10.6. The smallest absolute Gasteiger partial charge is 0.338 e. The highest BCUT2D eigenvalue weighted by molar-refractivity contribution is 6.09. The Morgan fingerprint density at radius 2 is 1.49 bits per heavy atom. The van der Waals surface area contributed by atoms with E-state index >= 15 is 0 Å². The number of ether oxygens (including phenoxy) is 1. The summed E-state index contributed by atoms with van der Waals surface area (Å²) in [6.07, 6.45) is 1.34. The molecule has 1 aromatic heterocycles. The molecule has 2 amide bonds. The van der Waals surface area contributed by atoms with Gasteiger partial charge in [-0.3, -0.25) is 9.59 Å². The molecule has 0 aliphatic heterocycles. The van der Waals surface area contributed by atoms with Crippen LogP contribution < -0.4 is 10.7 Å². The van der Waals surface area contributed by atoms with Gasteiger partial charge in [-0.25, -0.2) is 10.2 Å². The molecule has 8 nitrogen and oxygen atoms in total. The summed E-state index contributed by atoms with van der Waals surface area (Å²) >= 11 is 0. The average Bonchev–Trinajstić information content (AvgIpc) is 3.37. The molecule has 35 heavy (non-hydrogen) atoms. The van der Waals surface area contributed by atoms with Crippen molar-refractivity contribution >= 4 is 29.7 Å². The molecule has 0 saturated heterocycles. The summed E-state index contributed by atoms with van der Waals surface area (Å²) in [5, 5.41) is 6.70. The van der Waals surface area contributed by atoms with Crippen molar-refractivity contribution in [1.82, 2.24) is 5.43 Å². The average molecular weight is 467 g/mol. The summed E-state index contributed by atoms with van der Waals surface area (Å²) in [5.41, 5.74) is 4.46. The van der Waals surface area contributed by atoms with Crippen LogP contribution in [-0.2, 0) is 4.74 Å². The number of para-hydroxylation sites is 1. The Morgan fingerprint density at radius 3 is 2.26 bits per heavy atom. The maximum absolute atomic E-state index is 12.7. The van der Waals surface area contributed by atoms with Gasteiger partial charge in [-0.2, -0.15) is 5.10 Å². The molecule has 174 valence electrons. The first kappa shape index (κ1) is 23.2. The Kier molecular flexibility index (Phi) is 7.13. The quantitative estimate of drug-likeness (QED) is 0.232. The minimum absolute atomic E-state index is 0.251. The van der Waals surface area contributed by atoms with E-state index in [2.05, 4.69) is 15.8 Å². The summed E-state index contributed by atoms with van der Waals surface area (Å²) in [4.78, 5) is 37.2. The predicted octanol–water partition coefficient (Wildman–Crippen LogP) is 4.75. The van der Waals surface area contributed by atoms with Crippen LogP contribution in [0, 0.1) is 0 Å². The molecule has 0 fully saturated rings. The van der Waals surface area contributed by atoms with E-state index in [1.807, 2.05) is 6.07 Å². The minimum Gasteiger partial charge on any atom is -0.465 e. The molecule has 0 unspecified atom stereocenters. The SMILES string of the molecule is COC(=O)c1ccccc1-c1ccc(/C=N\NC(=O)c2ccccc2NC(=O)c2ccccc2)o1. The number of hydrogen-bond donors (Lipinski definition) is 2. The number of hydrazone groups is 1. The number of nitrogens with one attached hydrogen (secondary N) is 2. The monoisotopic (exact) mass is 467 g/mol. The van der Waals surface area contributed by atoms with Gasteiger partial charge in [0.15, 0.2) is 0 Å². The standard InChI is InChI=1S/C27H21N3O5/c1-34-27(33)21-12-6-5-11-20(21)24-16-15-19(35-24)17-28-30-26(32)22-13-7-8-14-23(22)29-25(31)18-9-3-2-4-10-18/h2-17H,1H3,(H,29,31)(H,30,32)/b28-17-. The van der Waals surface area contributed by atoms with E-state index in [1.165, 1.54) is 13.3 Å². The number of methoxy groups -OCH3 is 1. The molecule has 0 aliphatic carbocycles. The Hall–Kier alpha value is -4.98. The van der Waals surface area contributed by atoms with Crippen molar-refractivity contribution in [2.75, 3.05) is 12.4 Å². The van der Waals surface area contributed by atoms with Crippen LogP contribution in [0.4, 0.5) is 5.69 Å². The fourth-order valence-electron chi connectivity index (χ4n) is 3.34. The highest BCUT2D eigenvalue weighted by Gasteiger charge is 2.16. The molecule has 4 aromatic rings. The zero-order valence-electron chi connectivity index (χ0n) is 18.7. The Morgan fingerprint density at radius 1 is 0.800 bits per heavy atom. The fourth-order valence-corrected chi connectivity index (χ4v) is 3.34. The second kappa shape index (κ2) is 10.8. The number of amides is 2. The molecule has 2 N–H and O–H groups in total. The topological polar surface area (TPSA) is 110 Å². The number of nitrogens with zero attached hydrogens (tertiary/aromatic N) is 1. The van der Waals surface area contributed by atoms with Crippen molar-refractivity contribution in [3.8, 4) is 11.3 Å². The summed E-state index contributed by atoms with van der Waals surface area (Å²) in [5.74, 6) is -0.492. The Bertz CT molecular complexity index is 1390. The first-order valence-corrected chi connectivity index (χ1v) is 10.6. The molecule has 4 rings (SSSR count). The number of hydrogen-bond acceptors (Lipinski definition) is 6. The Balaban J connectivity index is 1.45. The number of carbonyl (C=O) groups excluding carboxylic acids is 3. The van der Waals surface area contributed by atoms with Gasteiger partial charge in [0.2, 0.25) is 0 Å². The van der Waals surface area contributed by atoms with Crippen LogP contribution >= 0.6 is 0 Å². The van der Waals surface area contributed by atoms with Gasteiger partial charge in [-0.15, -0.1) is 0 Å². The summed E-state index contributed by atoms with van der Waals surface area (Å²) in [6.45, 7) is 0. The van der Waals surface area contributed by atoms with Crippen molar-refractivity contribution in [1.29, 1.82) is 0 Å². The number of rotatable bonds is 7. The predicted molar refractivity (Wildman–Crippen MR) is 131 cm³/mol. The van der Waals surface area contributed by atoms with E-state index in [9.17, 15) is 14.4 Å². The van der Waals surface area contributed by atoms with Gasteiger partial charge in [-0.05, 0) is 42.5 Å². The molecule has 0 spiro atoms. The van der Waals surface area contributed by atoms with Crippen molar-refractivity contribution in [2.45, 2.75) is 0 Å². The van der Waals surface area contributed by atoms with Crippen LogP contribution in [0.3, 0.4) is 0 Å². The lowest BCUT2D eigenvalue weighted by molar-refractivity contribution is 0.0601. The second-order valence-electron chi connectivity index (χ2n) is 7.30. The summed E-state index contributed by atoms with van der Waals surface area (Å²) in [6, 6.07) is 25.6. The van der Waals surface area contributed by atoms with Gasteiger partial charge >= 0.3 is 5.97 Å². The highest BCUT2D eigenvalue weighted by Crippen LogP contribution is 2.26. The third-order valence-electron chi connectivity index (χ3n) is 5.04. The number of esters is 1. The molecule has 0 atom stereocenters. The van der Waals surface area contributed by atoms with Crippen LogP contribution in [0.15, 0.2) is 101 Å². The van der Waals surface area contributed by atoms with Gasteiger partial charge in [0.1, 0.15) is 11.5 Å². The van der Waals surface area contributed by atoms with Gasteiger partial charge in [0.25, 0.3) is 11.8 Å². The molecule has 3 aromatic carbocycles. The lowest BCUT2D eigenvalue weighted by Crippen LogP contribution is -2.21. The lowest BCUT2D eigenvalue weighted by atomic mass is 10.1. The fraction of sp³-hybridized carbons (Fsp3) is 0.0370. The van der Waals surface area contributed by atoms with Crippen LogP contribution in [0.25, 0.3) is 11.3 Å². The largest absolute Gasteiger partial charge is 0.465 e. The zero-order valence-corrected chi connectivity index (χ0v) is 18.7. The van der Waals surface area contributed by atoms with Gasteiger partial charge in [0.05, 0.1) is 30.1 Å². The van der Waals surface area contributed by atoms with E-state index in [0.29, 0.717) is 33.9 Å². The van der Waals surface area contributed by atoms with Crippen LogP contribution in [0.2, 0.25) is 0 Å². The van der Waals surface area contributed by atoms with E-state index < -0.39 is 11.9 Å². The third kappa shape index (κ3) is 5.51. The van der Waals surface area contributed by atoms with E-state index in [0.717, 1.165) is 0 Å². The first-order chi connectivity index (χ1) is 17.1. The van der Waals surface area contributed by atoms with Gasteiger partial charge in [0, 0.05) is 11.1 Å². The van der Waals surface area contributed by atoms with E-state index in [4.69, 9.17) is 9.15 Å². The van der Waals surface area contributed by atoms with Crippen molar-refractivity contribution in [2.24, 2.45) is 5.10 Å². The van der Waals surface area contributed by atoms with Crippen molar-refractivity contribution in [3.63, 3.8) is 0 Å². The molecule has 0 radical (unpaired) electrons. The molecule has 0 saturated carbocycles. The molecule has 8 heteroatoms.